The first-order chi connectivity index (χ1) is 8.53. The Balaban J connectivity index is 2.27. The molecule has 1 saturated heterocycles. The Labute approximate surface area is 108 Å². The molecule has 1 aromatic rings. The van der Waals surface area contributed by atoms with E-state index in [9.17, 15) is 9.90 Å². The van der Waals surface area contributed by atoms with Crippen molar-refractivity contribution in [2.24, 2.45) is 5.41 Å². The molecule has 0 spiro atoms. The fourth-order valence-electron chi connectivity index (χ4n) is 2.83. The topological polar surface area (TPSA) is 40.5 Å². The lowest BCUT2D eigenvalue weighted by molar-refractivity contribution is 0.0695. The number of rotatable bonds is 4. The zero-order chi connectivity index (χ0) is 13.3. The van der Waals surface area contributed by atoms with Crippen molar-refractivity contribution in [3.8, 4) is 0 Å². The molecule has 3 heteroatoms. The summed E-state index contributed by atoms with van der Waals surface area (Å²) < 4.78 is 0. The minimum atomic E-state index is -0.825. The number of hydrogen-bond donors (Lipinski definition) is 1. The summed E-state index contributed by atoms with van der Waals surface area (Å²) >= 11 is 0. The van der Waals surface area contributed by atoms with Gasteiger partial charge in [0.05, 0.1) is 11.3 Å². The van der Waals surface area contributed by atoms with Crippen LogP contribution >= 0.6 is 0 Å². The van der Waals surface area contributed by atoms with Crippen LogP contribution in [0.5, 0.6) is 0 Å². The van der Waals surface area contributed by atoms with E-state index in [0.717, 1.165) is 37.2 Å². The second-order valence-electron chi connectivity index (χ2n) is 5.34. The molecule has 0 atom stereocenters. The lowest BCUT2D eigenvalue weighted by Gasteiger charge is -2.51. The van der Waals surface area contributed by atoms with Gasteiger partial charge in [-0.05, 0) is 31.4 Å². The van der Waals surface area contributed by atoms with Gasteiger partial charge in [-0.2, -0.15) is 0 Å². The summed E-state index contributed by atoms with van der Waals surface area (Å²) in [7, 11) is 0. The van der Waals surface area contributed by atoms with E-state index >= 15 is 0 Å². The van der Waals surface area contributed by atoms with Crippen LogP contribution in [-0.4, -0.2) is 24.2 Å². The number of carbonyl (C=O) groups is 1. The summed E-state index contributed by atoms with van der Waals surface area (Å²) in [5.74, 6) is -0.825. The van der Waals surface area contributed by atoms with Gasteiger partial charge >= 0.3 is 5.97 Å². The van der Waals surface area contributed by atoms with Crippen molar-refractivity contribution in [1.29, 1.82) is 0 Å². The van der Waals surface area contributed by atoms with Crippen LogP contribution in [0.4, 0.5) is 5.69 Å². The molecule has 1 aromatic carbocycles. The third-order valence-electron chi connectivity index (χ3n) is 4.36. The maximum absolute atomic E-state index is 11.4. The highest BCUT2D eigenvalue weighted by Crippen LogP contribution is 2.41. The highest BCUT2D eigenvalue weighted by atomic mass is 16.4. The van der Waals surface area contributed by atoms with E-state index in [4.69, 9.17) is 0 Å². The van der Waals surface area contributed by atoms with Crippen molar-refractivity contribution in [3.05, 3.63) is 29.3 Å². The van der Waals surface area contributed by atoms with E-state index in [1.54, 1.807) is 0 Å². The molecule has 1 heterocycles. The molecular weight excluding hydrogens is 226 g/mol. The van der Waals surface area contributed by atoms with Crippen molar-refractivity contribution in [3.63, 3.8) is 0 Å². The van der Waals surface area contributed by atoms with Crippen LogP contribution in [0.1, 0.15) is 42.6 Å². The first-order valence-electron chi connectivity index (χ1n) is 6.61. The molecule has 0 aromatic heterocycles. The fraction of sp³-hybridized carbons (Fsp3) is 0.533. The summed E-state index contributed by atoms with van der Waals surface area (Å²) in [6, 6.07) is 5.72. The standard InChI is InChI=1S/C15H21NO2/c1-4-15(5-2)9-16(10-15)12-8-6-7-11(3)13(12)14(17)18/h6-8H,4-5,9-10H2,1-3H3,(H,17,18). The van der Waals surface area contributed by atoms with Crippen LogP contribution in [0, 0.1) is 12.3 Å². The summed E-state index contributed by atoms with van der Waals surface area (Å²) in [4.78, 5) is 13.6. The summed E-state index contributed by atoms with van der Waals surface area (Å²) in [6.45, 7) is 8.25. The molecule has 1 fully saturated rings. The largest absolute Gasteiger partial charge is 0.478 e. The van der Waals surface area contributed by atoms with Gasteiger partial charge in [0.2, 0.25) is 0 Å². The van der Waals surface area contributed by atoms with Gasteiger partial charge in [0.25, 0.3) is 0 Å². The van der Waals surface area contributed by atoms with Gasteiger partial charge in [-0.15, -0.1) is 0 Å². The van der Waals surface area contributed by atoms with Gasteiger partial charge in [0, 0.05) is 18.5 Å². The first kappa shape index (κ1) is 12.9. The summed E-state index contributed by atoms with van der Waals surface area (Å²) in [6.07, 6.45) is 2.32. The minimum absolute atomic E-state index is 0.388. The molecule has 0 amide bonds. The van der Waals surface area contributed by atoms with E-state index < -0.39 is 5.97 Å². The fourth-order valence-corrected chi connectivity index (χ4v) is 2.83. The highest BCUT2D eigenvalue weighted by molar-refractivity contribution is 5.96. The average Bonchev–Trinajstić information content (AvgIpc) is 2.28. The zero-order valence-electron chi connectivity index (χ0n) is 11.4. The minimum Gasteiger partial charge on any atom is -0.478 e. The van der Waals surface area contributed by atoms with Gasteiger partial charge in [0.15, 0.2) is 0 Å². The lowest BCUT2D eigenvalue weighted by Crippen LogP contribution is -2.56. The Morgan fingerprint density at radius 3 is 2.44 bits per heavy atom. The number of carboxylic acids is 1. The molecule has 18 heavy (non-hydrogen) atoms. The van der Waals surface area contributed by atoms with Crippen LogP contribution in [0.3, 0.4) is 0 Å². The van der Waals surface area contributed by atoms with Crippen LogP contribution in [0.2, 0.25) is 0 Å². The first-order valence-corrected chi connectivity index (χ1v) is 6.61. The van der Waals surface area contributed by atoms with Gasteiger partial charge < -0.3 is 10.0 Å². The monoisotopic (exact) mass is 247 g/mol. The molecule has 1 aliphatic rings. The average molecular weight is 247 g/mol. The SMILES string of the molecule is CCC1(CC)CN(c2cccc(C)c2C(=O)O)C1. The normalized spacial score (nSPS) is 17.4. The number of anilines is 1. The molecule has 0 unspecified atom stereocenters. The molecule has 98 valence electrons. The third kappa shape index (κ3) is 1.98. The maximum atomic E-state index is 11.4. The van der Waals surface area contributed by atoms with Gasteiger partial charge in [-0.25, -0.2) is 4.79 Å². The van der Waals surface area contributed by atoms with Crippen LogP contribution in [-0.2, 0) is 0 Å². The number of aromatic carboxylic acids is 1. The summed E-state index contributed by atoms with van der Waals surface area (Å²) in [5.41, 5.74) is 2.56. The second-order valence-corrected chi connectivity index (χ2v) is 5.34. The van der Waals surface area contributed by atoms with Crippen molar-refractivity contribution in [2.75, 3.05) is 18.0 Å². The molecule has 0 aliphatic carbocycles. The predicted molar refractivity (Wildman–Crippen MR) is 73.4 cm³/mol. The van der Waals surface area contributed by atoms with Gasteiger partial charge in [-0.3, -0.25) is 0 Å². The maximum Gasteiger partial charge on any atom is 0.338 e. The number of hydrogen-bond acceptors (Lipinski definition) is 2. The zero-order valence-corrected chi connectivity index (χ0v) is 11.4. The highest BCUT2D eigenvalue weighted by Gasteiger charge is 2.41. The molecule has 2 rings (SSSR count). The van der Waals surface area contributed by atoms with Crippen molar-refractivity contribution >= 4 is 11.7 Å². The van der Waals surface area contributed by atoms with Crippen LogP contribution < -0.4 is 4.90 Å². The molecular formula is C15H21NO2. The Hall–Kier alpha value is -1.51. The van der Waals surface area contributed by atoms with Crippen LogP contribution in [0.25, 0.3) is 0 Å². The summed E-state index contributed by atoms with van der Waals surface area (Å²) in [5, 5.41) is 9.33. The smallest absolute Gasteiger partial charge is 0.338 e. The van der Waals surface area contributed by atoms with Gasteiger partial charge in [-0.1, -0.05) is 26.0 Å². The van der Waals surface area contributed by atoms with E-state index in [0.29, 0.717) is 11.0 Å². The number of carboxylic acid groups (broad SMARTS) is 1. The van der Waals surface area contributed by atoms with E-state index in [2.05, 4.69) is 18.7 Å². The molecule has 0 radical (unpaired) electrons. The molecule has 3 nitrogen and oxygen atoms in total. The van der Waals surface area contributed by atoms with E-state index in [-0.39, 0.29) is 0 Å². The number of nitrogens with zero attached hydrogens (tertiary/aromatic N) is 1. The molecule has 0 bridgehead atoms. The van der Waals surface area contributed by atoms with E-state index in [1.165, 1.54) is 0 Å². The van der Waals surface area contributed by atoms with Gasteiger partial charge in [0.1, 0.15) is 0 Å². The molecule has 1 aliphatic heterocycles. The Bertz CT molecular complexity index is 456. The van der Waals surface area contributed by atoms with Crippen molar-refractivity contribution < 1.29 is 9.90 Å². The lowest BCUT2D eigenvalue weighted by atomic mass is 9.74. The quantitative estimate of drug-likeness (QED) is 0.887. The number of aryl methyl sites for hydroxylation is 1. The van der Waals surface area contributed by atoms with Crippen LogP contribution in [0.15, 0.2) is 18.2 Å². The predicted octanol–water partition coefficient (Wildman–Crippen LogP) is 3.32. The Kier molecular flexibility index (Phi) is 3.33. The third-order valence-corrected chi connectivity index (χ3v) is 4.36. The Morgan fingerprint density at radius 2 is 1.94 bits per heavy atom. The van der Waals surface area contributed by atoms with Crippen molar-refractivity contribution in [1.82, 2.24) is 0 Å². The number of benzene rings is 1. The second kappa shape index (κ2) is 4.63. The molecule has 1 N–H and O–H groups in total. The van der Waals surface area contributed by atoms with Crippen molar-refractivity contribution in [2.45, 2.75) is 33.6 Å². The Morgan fingerprint density at radius 1 is 1.33 bits per heavy atom. The van der Waals surface area contributed by atoms with E-state index in [1.807, 2.05) is 25.1 Å². The molecule has 0 saturated carbocycles.